The number of carbonyl (C=O) groups is 1. The molecule has 0 aliphatic rings. The van der Waals surface area contributed by atoms with Gasteiger partial charge in [0.25, 0.3) is 5.69 Å². The molecule has 0 atom stereocenters. The number of nitro benzene ring substituents is 1. The minimum Gasteiger partial charge on any atom is -0.282 e. The van der Waals surface area contributed by atoms with Crippen LogP contribution in [0.3, 0.4) is 0 Å². The van der Waals surface area contributed by atoms with Crippen molar-refractivity contribution >= 4 is 35.1 Å². The third-order valence-electron chi connectivity index (χ3n) is 3.13. The lowest BCUT2D eigenvalue weighted by molar-refractivity contribution is -0.384. The van der Waals surface area contributed by atoms with Gasteiger partial charge in [-0.2, -0.15) is 0 Å². The smallest absolute Gasteiger partial charge is 0.271 e. The van der Waals surface area contributed by atoms with E-state index < -0.39 is 4.92 Å². The van der Waals surface area contributed by atoms with Crippen LogP contribution in [0.15, 0.2) is 42.5 Å². The number of nitrogens with zero attached hydrogens (tertiary/aromatic N) is 2. The summed E-state index contributed by atoms with van der Waals surface area (Å²) in [5, 5.41) is 11.1. The molecular weight excluding hydrogens is 292 g/mol. The van der Waals surface area contributed by atoms with Crippen LogP contribution in [0, 0.1) is 10.1 Å². The van der Waals surface area contributed by atoms with Gasteiger partial charge in [-0.05, 0) is 30.2 Å². The summed E-state index contributed by atoms with van der Waals surface area (Å²) in [6, 6.07) is 11.4. The van der Waals surface area contributed by atoms with Crippen LogP contribution in [0.4, 0.5) is 17.1 Å². The molecule has 0 unspecified atom stereocenters. The second kappa shape index (κ2) is 6.37. The molecule has 0 aliphatic heterocycles. The second-order valence-electron chi connectivity index (χ2n) is 4.39. The lowest BCUT2D eigenvalue weighted by atomic mass is 10.1. The standard InChI is InChI=1S/C15H13ClN2O3/c1-2-11-3-5-12(6-4-11)17(10-19)15-9-13(18(20)21)7-8-14(15)16/h3-10H,2H2,1H3. The zero-order chi connectivity index (χ0) is 15.4. The number of carbonyl (C=O) groups excluding carboxylic acids is 1. The van der Waals surface area contributed by atoms with E-state index in [2.05, 4.69) is 0 Å². The van der Waals surface area contributed by atoms with Crippen molar-refractivity contribution in [1.82, 2.24) is 0 Å². The van der Waals surface area contributed by atoms with Crippen molar-refractivity contribution < 1.29 is 9.72 Å². The monoisotopic (exact) mass is 304 g/mol. The molecule has 0 spiro atoms. The molecule has 21 heavy (non-hydrogen) atoms. The van der Waals surface area contributed by atoms with Crippen molar-refractivity contribution in [2.45, 2.75) is 13.3 Å². The molecule has 0 saturated heterocycles. The maximum absolute atomic E-state index is 11.4. The normalized spacial score (nSPS) is 10.2. The molecule has 0 fully saturated rings. The number of amides is 1. The van der Waals surface area contributed by atoms with Crippen LogP contribution in [0.1, 0.15) is 12.5 Å². The highest BCUT2D eigenvalue weighted by Crippen LogP contribution is 2.33. The van der Waals surface area contributed by atoms with E-state index in [4.69, 9.17) is 11.6 Å². The van der Waals surface area contributed by atoms with Gasteiger partial charge in [0.15, 0.2) is 0 Å². The number of rotatable bonds is 5. The van der Waals surface area contributed by atoms with Gasteiger partial charge in [-0.1, -0.05) is 30.7 Å². The predicted octanol–water partition coefficient (Wildman–Crippen LogP) is 4.11. The molecule has 0 radical (unpaired) electrons. The summed E-state index contributed by atoms with van der Waals surface area (Å²) >= 11 is 6.06. The Morgan fingerprint density at radius 3 is 2.43 bits per heavy atom. The number of anilines is 2. The molecule has 2 aromatic rings. The van der Waals surface area contributed by atoms with Crippen molar-refractivity contribution in [2.24, 2.45) is 0 Å². The number of aryl methyl sites for hydroxylation is 1. The van der Waals surface area contributed by atoms with Gasteiger partial charge in [-0.3, -0.25) is 19.8 Å². The number of hydrogen-bond donors (Lipinski definition) is 0. The average Bonchev–Trinajstić information content (AvgIpc) is 2.50. The van der Waals surface area contributed by atoms with E-state index >= 15 is 0 Å². The fourth-order valence-corrected chi connectivity index (χ4v) is 2.16. The predicted molar refractivity (Wildman–Crippen MR) is 82.1 cm³/mol. The van der Waals surface area contributed by atoms with E-state index in [9.17, 15) is 14.9 Å². The first-order chi connectivity index (χ1) is 10.1. The quantitative estimate of drug-likeness (QED) is 0.474. The Bertz CT molecular complexity index is 671. The topological polar surface area (TPSA) is 63.5 Å². The lowest BCUT2D eigenvalue weighted by Crippen LogP contribution is -2.14. The molecule has 0 aromatic heterocycles. The SMILES string of the molecule is CCc1ccc(N(C=O)c2cc([N+](=O)[O-])ccc2Cl)cc1. The molecule has 6 heteroatoms. The Balaban J connectivity index is 2.47. The van der Waals surface area contributed by atoms with Gasteiger partial charge >= 0.3 is 0 Å². The van der Waals surface area contributed by atoms with Crippen molar-refractivity contribution in [3.63, 3.8) is 0 Å². The van der Waals surface area contributed by atoms with Crippen LogP contribution < -0.4 is 4.90 Å². The van der Waals surface area contributed by atoms with E-state index in [-0.39, 0.29) is 16.4 Å². The molecule has 2 aromatic carbocycles. The number of non-ortho nitro benzene ring substituents is 1. The van der Waals surface area contributed by atoms with Gasteiger partial charge in [0.1, 0.15) is 0 Å². The van der Waals surface area contributed by atoms with Gasteiger partial charge in [-0.25, -0.2) is 0 Å². The number of hydrogen-bond acceptors (Lipinski definition) is 3. The van der Waals surface area contributed by atoms with Crippen LogP contribution >= 0.6 is 11.6 Å². The molecule has 2 rings (SSSR count). The second-order valence-corrected chi connectivity index (χ2v) is 4.80. The first kappa shape index (κ1) is 15.0. The van der Waals surface area contributed by atoms with Gasteiger partial charge in [0.05, 0.1) is 15.6 Å². The third-order valence-corrected chi connectivity index (χ3v) is 3.45. The van der Waals surface area contributed by atoms with Crippen molar-refractivity contribution in [3.8, 4) is 0 Å². The third kappa shape index (κ3) is 3.20. The van der Waals surface area contributed by atoms with E-state index in [0.29, 0.717) is 12.1 Å². The Kier molecular flexibility index (Phi) is 4.55. The number of halogens is 1. The first-order valence-electron chi connectivity index (χ1n) is 6.34. The summed E-state index contributed by atoms with van der Waals surface area (Å²) in [4.78, 5) is 23.0. The molecule has 5 nitrogen and oxygen atoms in total. The molecule has 0 bridgehead atoms. The lowest BCUT2D eigenvalue weighted by Gasteiger charge is -2.19. The largest absolute Gasteiger partial charge is 0.282 e. The molecule has 1 amide bonds. The van der Waals surface area contributed by atoms with Gasteiger partial charge in [0, 0.05) is 17.8 Å². The summed E-state index contributed by atoms with van der Waals surface area (Å²) in [5.41, 5.74) is 1.90. The zero-order valence-corrected chi connectivity index (χ0v) is 12.1. The van der Waals surface area contributed by atoms with E-state index in [1.807, 2.05) is 19.1 Å². The minimum absolute atomic E-state index is 0.119. The maximum Gasteiger partial charge on any atom is 0.271 e. The maximum atomic E-state index is 11.4. The molecule has 0 saturated carbocycles. The van der Waals surface area contributed by atoms with Crippen LogP contribution in [0.2, 0.25) is 5.02 Å². The van der Waals surface area contributed by atoms with Crippen LogP contribution in [0.5, 0.6) is 0 Å². The highest BCUT2D eigenvalue weighted by atomic mass is 35.5. The molecule has 0 N–H and O–H groups in total. The van der Waals surface area contributed by atoms with Gasteiger partial charge in [0.2, 0.25) is 6.41 Å². The summed E-state index contributed by atoms with van der Waals surface area (Å²) in [6.45, 7) is 2.03. The Morgan fingerprint density at radius 2 is 1.90 bits per heavy atom. The summed E-state index contributed by atoms with van der Waals surface area (Å²) in [6.07, 6.45) is 1.48. The highest BCUT2D eigenvalue weighted by molar-refractivity contribution is 6.34. The van der Waals surface area contributed by atoms with E-state index in [1.54, 1.807) is 12.1 Å². The Hall–Kier alpha value is -2.40. The van der Waals surface area contributed by atoms with Crippen molar-refractivity contribution in [3.05, 3.63) is 63.2 Å². The van der Waals surface area contributed by atoms with Crippen LogP contribution in [-0.4, -0.2) is 11.3 Å². The van der Waals surface area contributed by atoms with E-state index in [0.717, 1.165) is 12.0 Å². The summed E-state index contributed by atoms with van der Waals surface area (Å²) < 4.78 is 0. The van der Waals surface area contributed by atoms with Crippen LogP contribution in [-0.2, 0) is 11.2 Å². The van der Waals surface area contributed by atoms with Crippen LogP contribution in [0.25, 0.3) is 0 Å². The molecule has 0 aliphatic carbocycles. The summed E-state index contributed by atoms with van der Waals surface area (Å²) in [5.74, 6) is 0. The molecule has 0 heterocycles. The number of benzene rings is 2. The number of nitro groups is 1. The van der Waals surface area contributed by atoms with Crippen molar-refractivity contribution in [2.75, 3.05) is 4.90 Å². The first-order valence-corrected chi connectivity index (χ1v) is 6.72. The molecular formula is C15H13ClN2O3. The van der Waals surface area contributed by atoms with E-state index in [1.165, 1.54) is 23.1 Å². The highest BCUT2D eigenvalue weighted by Gasteiger charge is 2.16. The van der Waals surface area contributed by atoms with Crippen molar-refractivity contribution in [1.29, 1.82) is 0 Å². The Labute approximate surface area is 126 Å². The Morgan fingerprint density at radius 1 is 1.24 bits per heavy atom. The minimum atomic E-state index is -0.525. The fourth-order valence-electron chi connectivity index (χ4n) is 1.95. The zero-order valence-electron chi connectivity index (χ0n) is 11.3. The molecule has 108 valence electrons. The summed E-state index contributed by atoms with van der Waals surface area (Å²) in [7, 11) is 0. The average molecular weight is 305 g/mol. The fraction of sp³-hybridized carbons (Fsp3) is 0.133. The van der Waals surface area contributed by atoms with Gasteiger partial charge in [-0.15, -0.1) is 0 Å². The van der Waals surface area contributed by atoms with Gasteiger partial charge < -0.3 is 0 Å².